The lowest BCUT2D eigenvalue weighted by Gasteiger charge is -2.12. The number of hydrogen-bond donors (Lipinski definition) is 2. The van der Waals surface area contributed by atoms with Crippen molar-refractivity contribution in [2.45, 2.75) is 6.92 Å². The van der Waals surface area contributed by atoms with E-state index in [4.69, 9.17) is 4.74 Å². The molecule has 1 amide bonds. The van der Waals surface area contributed by atoms with Crippen LogP contribution in [0.25, 0.3) is 11.1 Å². The van der Waals surface area contributed by atoms with Crippen LogP contribution < -0.4 is 15.4 Å². The van der Waals surface area contributed by atoms with Gasteiger partial charge in [0.25, 0.3) is 0 Å². The number of nitrogens with one attached hydrogen (secondary N) is 2. The predicted octanol–water partition coefficient (Wildman–Crippen LogP) is 4.80. The fraction of sp³-hybridized carbons (Fsp3) is 0.136. The molecule has 0 atom stereocenters. The molecule has 0 unspecified atom stereocenters. The topological polar surface area (TPSA) is 50.4 Å². The number of benzene rings is 3. The zero-order chi connectivity index (χ0) is 18.2. The summed E-state index contributed by atoms with van der Waals surface area (Å²) >= 11 is 0. The Bertz CT molecular complexity index is 846. The van der Waals surface area contributed by atoms with E-state index in [0.29, 0.717) is 6.61 Å². The van der Waals surface area contributed by atoms with Gasteiger partial charge in [0.05, 0.1) is 13.2 Å². The van der Waals surface area contributed by atoms with Crippen molar-refractivity contribution in [3.8, 4) is 16.9 Å². The number of hydrogen-bond acceptors (Lipinski definition) is 3. The van der Waals surface area contributed by atoms with E-state index in [1.165, 1.54) is 0 Å². The monoisotopic (exact) mass is 346 g/mol. The van der Waals surface area contributed by atoms with Gasteiger partial charge in [-0.2, -0.15) is 0 Å². The molecular weight excluding hydrogens is 324 g/mol. The Morgan fingerprint density at radius 1 is 0.885 bits per heavy atom. The highest BCUT2D eigenvalue weighted by atomic mass is 16.5. The molecule has 0 aliphatic heterocycles. The first-order valence-electron chi connectivity index (χ1n) is 8.67. The molecule has 0 aliphatic carbocycles. The van der Waals surface area contributed by atoms with Crippen molar-refractivity contribution in [1.82, 2.24) is 0 Å². The van der Waals surface area contributed by atoms with Crippen LogP contribution in [0.3, 0.4) is 0 Å². The lowest BCUT2D eigenvalue weighted by Crippen LogP contribution is -2.22. The third-order valence-electron chi connectivity index (χ3n) is 3.90. The van der Waals surface area contributed by atoms with Gasteiger partial charge in [0.2, 0.25) is 5.91 Å². The smallest absolute Gasteiger partial charge is 0.243 e. The minimum absolute atomic E-state index is 0.0951. The molecule has 2 N–H and O–H groups in total. The summed E-state index contributed by atoms with van der Waals surface area (Å²) in [6.45, 7) is 2.77. The van der Waals surface area contributed by atoms with E-state index in [0.717, 1.165) is 28.3 Å². The maximum absolute atomic E-state index is 12.3. The van der Waals surface area contributed by atoms with Gasteiger partial charge in [0.15, 0.2) is 0 Å². The van der Waals surface area contributed by atoms with Crippen molar-refractivity contribution in [1.29, 1.82) is 0 Å². The van der Waals surface area contributed by atoms with Crippen LogP contribution in [0.1, 0.15) is 6.92 Å². The number of para-hydroxylation sites is 1. The van der Waals surface area contributed by atoms with Gasteiger partial charge in [0.1, 0.15) is 5.75 Å². The molecule has 0 saturated heterocycles. The molecule has 4 heteroatoms. The number of carbonyl (C=O) groups excluding carboxylic acids is 1. The first-order valence-corrected chi connectivity index (χ1v) is 8.67. The third kappa shape index (κ3) is 4.63. The van der Waals surface area contributed by atoms with Crippen LogP contribution in [-0.4, -0.2) is 19.1 Å². The molecule has 0 fully saturated rings. The average Bonchev–Trinajstić information content (AvgIpc) is 2.69. The van der Waals surface area contributed by atoms with Gasteiger partial charge in [-0.1, -0.05) is 48.5 Å². The lowest BCUT2D eigenvalue weighted by atomic mass is 10.0. The van der Waals surface area contributed by atoms with Crippen LogP contribution >= 0.6 is 0 Å². The van der Waals surface area contributed by atoms with Crippen LogP contribution in [0.2, 0.25) is 0 Å². The second-order valence-electron chi connectivity index (χ2n) is 5.77. The maximum Gasteiger partial charge on any atom is 0.243 e. The summed E-state index contributed by atoms with van der Waals surface area (Å²) in [5.41, 5.74) is 3.75. The Hall–Kier alpha value is -3.27. The van der Waals surface area contributed by atoms with Crippen LogP contribution in [0.15, 0.2) is 78.9 Å². The molecule has 0 spiro atoms. The largest absolute Gasteiger partial charge is 0.494 e. The Morgan fingerprint density at radius 3 is 2.31 bits per heavy atom. The normalized spacial score (nSPS) is 10.2. The van der Waals surface area contributed by atoms with Gasteiger partial charge >= 0.3 is 0 Å². The lowest BCUT2D eigenvalue weighted by molar-refractivity contribution is -0.114. The summed E-state index contributed by atoms with van der Waals surface area (Å²) in [5, 5.41) is 6.11. The van der Waals surface area contributed by atoms with Gasteiger partial charge in [-0.15, -0.1) is 0 Å². The Balaban J connectivity index is 1.62. The molecule has 4 nitrogen and oxygen atoms in total. The Kier molecular flexibility index (Phi) is 5.88. The third-order valence-corrected chi connectivity index (χ3v) is 3.90. The van der Waals surface area contributed by atoms with E-state index >= 15 is 0 Å². The van der Waals surface area contributed by atoms with Gasteiger partial charge in [-0.3, -0.25) is 4.79 Å². The Morgan fingerprint density at radius 2 is 1.58 bits per heavy atom. The molecular formula is C22H22N2O2. The van der Waals surface area contributed by atoms with E-state index in [1.54, 1.807) is 0 Å². The second-order valence-corrected chi connectivity index (χ2v) is 5.77. The number of carbonyl (C=O) groups is 1. The molecule has 0 radical (unpaired) electrons. The SMILES string of the molecule is CCOc1ccc(NCC(=O)Nc2ccccc2-c2ccccc2)cc1. The minimum Gasteiger partial charge on any atom is -0.494 e. The van der Waals surface area contributed by atoms with Crippen LogP contribution in [-0.2, 0) is 4.79 Å². The van der Waals surface area contributed by atoms with E-state index in [9.17, 15) is 4.79 Å². The summed E-state index contributed by atoms with van der Waals surface area (Å²) in [6, 6.07) is 25.4. The minimum atomic E-state index is -0.0951. The van der Waals surface area contributed by atoms with Crippen molar-refractivity contribution < 1.29 is 9.53 Å². The average molecular weight is 346 g/mol. The highest BCUT2D eigenvalue weighted by molar-refractivity contribution is 5.97. The molecule has 0 aliphatic rings. The zero-order valence-electron chi connectivity index (χ0n) is 14.7. The molecule has 0 saturated carbocycles. The predicted molar refractivity (Wildman–Crippen MR) is 107 cm³/mol. The molecule has 0 heterocycles. The number of ether oxygens (including phenoxy) is 1. The fourth-order valence-corrected chi connectivity index (χ4v) is 2.67. The molecule has 3 rings (SSSR count). The zero-order valence-corrected chi connectivity index (χ0v) is 14.7. The molecule has 132 valence electrons. The van der Waals surface area contributed by atoms with Gasteiger partial charge in [-0.05, 0) is 42.8 Å². The summed E-state index contributed by atoms with van der Waals surface area (Å²) in [5.74, 6) is 0.724. The van der Waals surface area contributed by atoms with E-state index in [1.807, 2.05) is 85.8 Å². The van der Waals surface area contributed by atoms with Crippen molar-refractivity contribution in [3.63, 3.8) is 0 Å². The fourth-order valence-electron chi connectivity index (χ4n) is 2.67. The second kappa shape index (κ2) is 8.72. The molecule has 3 aromatic carbocycles. The first kappa shape index (κ1) is 17.5. The van der Waals surface area contributed by atoms with Crippen LogP contribution in [0, 0.1) is 0 Å². The van der Waals surface area contributed by atoms with Gasteiger partial charge < -0.3 is 15.4 Å². The summed E-state index contributed by atoms with van der Waals surface area (Å²) in [4.78, 5) is 12.3. The summed E-state index contributed by atoms with van der Waals surface area (Å²) in [7, 11) is 0. The van der Waals surface area contributed by atoms with Crippen molar-refractivity contribution in [3.05, 3.63) is 78.9 Å². The quantitative estimate of drug-likeness (QED) is 0.646. The Labute approximate surface area is 153 Å². The number of rotatable bonds is 7. The molecule has 0 bridgehead atoms. The molecule has 0 aromatic heterocycles. The summed E-state index contributed by atoms with van der Waals surface area (Å²) in [6.07, 6.45) is 0. The van der Waals surface area contributed by atoms with Crippen LogP contribution in [0.5, 0.6) is 5.75 Å². The van der Waals surface area contributed by atoms with Crippen molar-refractivity contribution >= 4 is 17.3 Å². The van der Waals surface area contributed by atoms with E-state index < -0.39 is 0 Å². The maximum atomic E-state index is 12.3. The van der Waals surface area contributed by atoms with Crippen molar-refractivity contribution in [2.75, 3.05) is 23.8 Å². The highest BCUT2D eigenvalue weighted by Crippen LogP contribution is 2.27. The summed E-state index contributed by atoms with van der Waals surface area (Å²) < 4.78 is 5.41. The number of anilines is 2. The first-order chi connectivity index (χ1) is 12.8. The highest BCUT2D eigenvalue weighted by Gasteiger charge is 2.08. The van der Waals surface area contributed by atoms with E-state index in [2.05, 4.69) is 10.6 Å². The van der Waals surface area contributed by atoms with Crippen LogP contribution in [0.4, 0.5) is 11.4 Å². The van der Waals surface area contributed by atoms with Crippen molar-refractivity contribution in [2.24, 2.45) is 0 Å². The van der Waals surface area contributed by atoms with E-state index in [-0.39, 0.29) is 12.5 Å². The van der Waals surface area contributed by atoms with Gasteiger partial charge in [0, 0.05) is 16.9 Å². The molecule has 3 aromatic rings. The van der Waals surface area contributed by atoms with Gasteiger partial charge in [-0.25, -0.2) is 0 Å². The number of amides is 1. The standard InChI is InChI=1S/C22H22N2O2/c1-2-26-19-14-12-18(13-15-19)23-16-22(25)24-21-11-7-6-10-20(21)17-8-4-3-5-9-17/h3-15,23H,2,16H2,1H3,(H,24,25). The molecule has 26 heavy (non-hydrogen) atoms.